The van der Waals surface area contributed by atoms with E-state index in [-0.39, 0.29) is 12.6 Å². The van der Waals surface area contributed by atoms with Crippen LogP contribution in [0.1, 0.15) is 40.0 Å². The van der Waals surface area contributed by atoms with Crippen molar-refractivity contribution in [3.8, 4) is 0 Å². The molecule has 0 spiro atoms. The first-order chi connectivity index (χ1) is 6.39. The summed E-state index contributed by atoms with van der Waals surface area (Å²) in [5.74, 6) is 0.647. The third kappa shape index (κ3) is 3.91. The van der Waals surface area contributed by atoms with Gasteiger partial charge in [-0.15, -0.1) is 0 Å². The van der Waals surface area contributed by atoms with Crippen LogP contribution in [-0.4, -0.2) is 19.0 Å². The lowest BCUT2D eigenvalue weighted by Gasteiger charge is -2.39. The van der Waals surface area contributed by atoms with E-state index in [0.717, 1.165) is 12.8 Å². The predicted octanol–water partition coefficient (Wildman–Crippen LogP) is 3.06. The van der Waals surface area contributed by atoms with Crippen molar-refractivity contribution in [2.45, 2.75) is 52.5 Å². The van der Waals surface area contributed by atoms with E-state index in [1.165, 1.54) is 6.42 Å². The van der Waals surface area contributed by atoms with Crippen LogP contribution in [0.4, 0.5) is 8.78 Å². The predicted molar refractivity (Wildman–Crippen MR) is 54.6 cm³/mol. The lowest BCUT2D eigenvalue weighted by Crippen LogP contribution is -2.41. The van der Waals surface area contributed by atoms with Crippen LogP contribution in [0.5, 0.6) is 0 Å². The minimum Gasteiger partial charge on any atom is -0.309 e. The van der Waals surface area contributed by atoms with Crippen molar-refractivity contribution in [3.05, 3.63) is 0 Å². The second-order valence-corrected chi connectivity index (χ2v) is 5.41. The molecule has 84 valence electrons. The maximum absolute atomic E-state index is 12.0. The smallest absolute Gasteiger partial charge is 0.250 e. The van der Waals surface area contributed by atoms with Crippen LogP contribution in [0.25, 0.3) is 0 Å². The Morgan fingerprint density at radius 1 is 1.36 bits per heavy atom. The van der Waals surface area contributed by atoms with Gasteiger partial charge in [0.1, 0.15) is 0 Å². The summed E-state index contributed by atoms with van der Waals surface area (Å²) in [5, 5.41) is 2.96. The Bertz CT molecular complexity index is 180. The summed E-state index contributed by atoms with van der Waals surface area (Å²) in [6, 6.07) is 0.280. The average molecular weight is 205 g/mol. The maximum Gasteiger partial charge on any atom is 0.250 e. The van der Waals surface area contributed by atoms with Crippen LogP contribution in [0, 0.1) is 11.3 Å². The van der Waals surface area contributed by atoms with Crippen LogP contribution in [0.15, 0.2) is 0 Å². The van der Waals surface area contributed by atoms with Crippen molar-refractivity contribution >= 4 is 0 Å². The van der Waals surface area contributed by atoms with E-state index in [1.54, 1.807) is 0 Å². The summed E-state index contributed by atoms with van der Waals surface area (Å²) in [7, 11) is 0. The van der Waals surface area contributed by atoms with Crippen molar-refractivity contribution in [1.82, 2.24) is 5.32 Å². The zero-order valence-corrected chi connectivity index (χ0v) is 9.32. The van der Waals surface area contributed by atoms with Gasteiger partial charge in [0.2, 0.25) is 0 Å². The minimum absolute atomic E-state index is 0.159. The van der Waals surface area contributed by atoms with Gasteiger partial charge in [-0.1, -0.05) is 20.8 Å². The van der Waals surface area contributed by atoms with Gasteiger partial charge < -0.3 is 5.32 Å². The van der Waals surface area contributed by atoms with Crippen LogP contribution >= 0.6 is 0 Å². The Hall–Kier alpha value is -0.180. The number of hydrogen-bond acceptors (Lipinski definition) is 1. The van der Waals surface area contributed by atoms with Crippen LogP contribution in [0.3, 0.4) is 0 Å². The van der Waals surface area contributed by atoms with Gasteiger partial charge in [-0.25, -0.2) is 8.78 Å². The molecular formula is C11H21F2N. The molecule has 3 heteroatoms. The van der Waals surface area contributed by atoms with E-state index in [4.69, 9.17) is 0 Å². The first kappa shape index (κ1) is 11.9. The van der Waals surface area contributed by atoms with Crippen LogP contribution in [-0.2, 0) is 0 Å². The highest BCUT2D eigenvalue weighted by molar-refractivity contribution is 4.86. The average Bonchev–Trinajstić information content (AvgIpc) is 1.96. The van der Waals surface area contributed by atoms with Gasteiger partial charge in [0, 0.05) is 6.04 Å². The zero-order valence-electron chi connectivity index (χ0n) is 9.32. The molecule has 2 unspecified atom stereocenters. The molecule has 0 aromatic carbocycles. The largest absolute Gasteiger partial charge is 0.309 e. The fourth-order valence-corrected chi connectivity index (χ4v) is 2.76. The van der Waals surface area contributed by atoms with Gasteiger partial charge in [-0.05, 0) is 30.6 Å². The molecule has 14 heavy (non-hydrogen) atoms. The lowest BCUT2D eigenvalue weighted by atomic mass is 9.70. The molecule has 1 nitrogen and oxygen atoms in total. The second-order valence-electron chi connectivity index (χ2n) is 5.41. The van der Waals surface area contributed by atoms with Gasteiger partial charge in [0.05, 0.1) is 6.54 Å². The number of halogens is 2. The Morgan fingerprint density at radius 2 is 2.00 bits per heavy atom. The third-order valence-corrected chi connectivity index (χ3v) is 2.95. The Labute approximate surface area is 85.3 Å². The molecule has 1 aliphatic rings. The summed E-state index contributed by atoms with van der Waals surface area (Å²) in [4.78, 5) is 0. The molecule has 1 aliphatic carbocycles. The van der Waals surface area contributed by atoms with Crippen molar-refractivity contribution in [1.29, 1.82) is 0 Å². The standard InChI is InChI=1S/C11H21F2N/c1-8-4-9(14-7-10(12)13)6-11(2,3)5-8/h8-10,14H,4-7H2,1-3H3. The van der Waals surface area contributed by atoms with Crippen molar-refractivity contribution < 1.29 is 8.78 Å². The fourth-order valence-electron chi connectivity index (χ4n) is 2.76. The van der Waals surface area contributed by atoms with E-state index in [2.05, 4.69) is 26.1 Å². The van der Waals surface area contributed by atoms with Crippen LogP contribution < -0.4 is 5.32 Å². The van der Waals surface area contributed by atoms with Crippen molar-refractivity contribution in [2.75, 3.05) is 6.54 Å². The molecule has 0 heterocycles. The van der Waals surface area contributed by atoms with E-state index in [9.17, 15) is 8.78 Å². The zero-order chi connectivity index (χ0) is 10.8. The number of hydrogen-bond donors (Lipinski definition) is 1. The molecule has 1 rings (SSSR count). The molecule has 0 amide bonds. The molecular weight excluding hydrogens is 184 g/mol. The summed E-state index contributed by atoms with van der Waals surface area (Å²) in [5.41, 5.74) is 0.303. The number of nitrogens with one attached hydrogen (secondary N) is 1. The van der Waals surface area contributed by atoms with E-state index in [0.29, 0.717) is 11.3 Å². The molecule has 0 bridgehead atoms. The van der Waals surface area contributed by atoms with E-state index < -0.39 is 6.43 Å². The SMILES string of the molecule is CC1CC(NCC(F)F)CC(C)(C)C1. The summed E-state index contributed by atoms with van der Waals surface area (Å²) in [6.07, 6.45) is 1.04. The fraction of sp³-hybridized carbons (Fsp3) is 1.00. The molecule has 0 saturated heterocycles. The summed E-state index contributed by atoms with van der Waals surface area (Å²) >= 11 is 0. The van der Waals surface area contributed by atoms with Gasteiger partial charge >= 0.3 is 0 Å². The quantitative estimate of drug-likeness (QED) is 0.746. The molecule has 1 N–H and O–H groups in total. The molecule has 0 aromatic heterocycles. The number of rotatable bonds is 3. The molecule has 0 aliphatic heterocycles. The van der Waals surface area contributed by atoms with E-state index in [1.807, 2.05) is 0 Å². The third-order valence-electron chi connectivity index (χ3n) is 2.95. The topological polar surface area (TPSA) is 12.0 Å². The highest BCUT2D eigenvalue weighted by atomic mass is 19.3. The summed E-state index contributed by atoms with van der Waals surface area (Å²) < 4.78 is 24.0. The molecule has 0 radical (unpaired) electrons. The van der Waals surface area contributed by atoms with Gasteiger partial charge in [0.15, 0.2) is 0 Å². The van der Waals surface area contributed by atoms with Crippen LogP contribution in [0.2, 0.25) is 0 Å². The van der Waals surface area contributed by atoms with E-state index >= 15 is 0 Å². The molecule has 1 fully saturated rings. The monoisotopic (exact) mass is 205 g/mol. The molecule has 0 aromatic rings. The lowest BCUT2D eigenvalue weighted by molar-refractivity contribution is 0.112. The second kappa shape index (κ2) is 4.56. The Morgan fingerprint density at radius 3 is 2.50 bits per heavy atom. The first-order valence-electron chi connectivity index (χ1n) is 5.40. The maximum atomic E-state index is 12.0. The van der Waals surface area contributed by atoms with Gasteiger partial charge in [-0.3, -0.25) is 0 Å². The molecule has 1 saturated carbocycles. The molecule has 2 atom stereocenters. The first-order valence-corrected chi connectivity index (χ1v) is 5.40. The number of alkyl halides is 2. The van der Waals surface area contributed by atoms with Crippen molar-refractivity contribution in [2.24, 2.45) is 11.3 Å². The highest BCUT2D eigenvalue weighted by Gasteiger charge is 2.31. The van der Waals surface area contributed by atoms with Gasteiger partial charge in [-0.2, -0.15) is 0 Å². The summed E-state index contributed by atoms with van der Waals surface area (Å²) in [6.45, 7) is 6.49. The normalized spacial score (nSPS) is 32.1. The minimum atomic E-state index is -2.23. The Kier molecular flexibility index (Phi) is 3.87. The highest BCUT2D eigenvalue weighted by Crippen LogP contribution is 2.38. The Balaban J connectivity index is 2.38. The van der Waals surface area contributed by atoms with Crippen molar-refractivity contribution in [3.63, 3.8) is 0 Å². The van der Waals surface area contributed by atoms with Gasteiger partial charge in [0.25, 0.3) is 6.43 Å².